The molecule has 0 aromatic rings. The first-order chi connectivity index (χ1) is 4.12. The second-order valence-electron chi connectivity index (χ2n) is 1.45. The van der Waals surface area contributed by atoms with E-state index in [2.05, 4.69) is 16.9 Å². The van der Waals surface area contributed by atoms with Crippen molar-refractivity contribution in [2.45, 2.75) is 13.8 Å². The molecule has 0 rings (SSSR count). The average molecular weight is 192 g/mol. The van der Waals surface area contributed by atoms with Crippen LogP contribution >= 0.6 is 6.64 Å². The number of hydrogen-bond donors (Lipinski definition) is 2. The summed E-state index contributed by atoms with van der Waals surface area (Å²) in [5.41, 5.74) is 0. The molecule has 3 nitrogen and oxygen atoms in total. The molecule has 0 amide bonds. The molecule has 0 spiro atoms. The fourth-order valence-corrected chi connectivity index (χ4v) is 1.96. The van der Waals surface area contributed by atoms with E-state index in [4.69, 9.17) is 9.42 Å². The molecule has 0 aliphatic heterocycles. The van der Waals surface area contributed by atoms with Crippen molar-refractivity contribution in [1.29, 1.82) is 0 Å². The molecular weight excluding hydrogens is 180 g/mol. The van der Waals surface area contributed by atoms with E-state index >= 15 is 0 Å². The first kappa shape index (κ1) is 14.1. The number of rotatable bonds is 4. The molecule has 0 fully saturated rings. The van der Waals surface area contributed by atoms with E-state index in [9.17, 15) is 0 Å². The molecule has 0 aromatic heterocycles. The Morgan fingerprint density at radius 3 is 2.40 bits per heavy atom. The standard InChI is InChI=1S/C4H12NO2PS.Na/c1-3-5-8(6,9)7-4-2;/h3-4H2,1-2H3,(H2,5,6,9);. The Morgan fingerprint density at radius 2 is 2.10 bits per heavy atom. The van der Waals surface area contributed by atoms with Gasteiger partial charge in [0.2, 0.25) is 0 Å². The maximum atomic E-state index is 9.11. The van der Waals surface area contributed by atoms with E-state index in [-0.39, 0.29) is 29.6 Å². The molecular formula is C4H12NNaO2PS. The number of hydrogen-bond acceptors (Lipinski definition) is 2. The maximum Gasteiger partial charge on any atom is 0.258 e. The Labute approximate surface area is 89.1 Å². The first-order valence-corrected chi connectivity index (χ1v) is 5.52. The van der Waals surface area contributed by atoms with E-state index in [0.29, 0.717) is 13.2 Å². The topological polar surface area (TPSA) is 41.5 Å². The Balaban J connectivity index is 0. The molecule has 0 saturated carbocycles. The molecule has 2 N–H and O–H groups in total. The van der Waals surface area contributed by atoms with Gasteiger partial charge in [0.1, 0.15) is 0 Å². The van der Waals surface area contributed by atoms with Crippen LogP contribution in [0.1, 0.15) is 13.8 Å². The summed E-state index contributed by atoms with van der Waals surface area (Å²) in [6, 6.07) is 0. The molecule has 10 heavy (non-hydrogen) atoms. The third kappa shape index (κ3) is 7.63. The minimum atomic E-state index is -2.61. The van der Waals surface area contributed by atoms with Crippen LogP contribution in [0.3, 0.4) is 0 Å². The SMILES string of the molecule is CCNP(O)(=S)OCC.[Na]. The average Bonchev–Trinajstić information content (AvgIpc) is 1.64. The third-order valence-corrected chi connectivity index (χ3v) is 2.69. The smallest absolute Gasteiger partial charge is 0.258 e. The van der Waals surface area contributed by atoms with Gasteiger partial charge in [0, 0.05) is 36.1 Å². The van der Waals surface area contributed by atoms with Gasteiger partial charge < -0.3 is 9.42 Å². The van der Waals surface area contributed by atoms with Crippen molar-refractivity contribution in [3.63, 3.8) is 0 Å². The van der Waals surface area contributed by atoms with Crippen molar-refractivity contribution in [3.05, 3.63) is 0 Å². The van der Waals surface area contributed by atoms with Crippen LogP contribution in [0.15, 0.2) is 0 Å². The monoisotopic (exact) mass is 192 g/mol. The summed E-state index contributed by atoms with van der Waals surface area (Å²) in [5, 5.41) is 2.68. The fraction of sp³-hybridized carbons (Fsp3) is 1.00. The van der Waals surface area contributed by atoms with Crippen molar-refractivity contribution >= 4 is 48.0 Å². The van der Waals surface area contributed by atoms with Crippen molar-refractivity contribution in [2.75, 3.05) is 13.2 Å². The van der Waals surface area contributed by atoms with Crippen LogP contribution in [-0.2, 0) is 16.3 Å². The zero-order valence-corrected chi connectivity index (χ0v) is 10.3. The van der Waals surface area contributed by atoms with Gasteiger partial charge in [-0.3, -0.25) is 0 Å². The summed E-state index contributed by atoms with van der Waals surface area (Å²) in [6.45, 7) is 2.17. The van der Waals surface area contributed by atoms with E-state index < -0.39 is 6.64 Å². The zero-order valence-electron chi connectivity index (χ0n) is 6.63. The van der Waals surface area contributed by atoms with Crippen LogP contribution in [0.2, 0.25) is 0 Å². The summed E-state index contributed by atoms with van der Waals surface area (Å²) in [7, 11) is 0. The zero-order chi connectivity index (χ0) is 7.33. The molecule has 0 aliphatic rings. The van der Waals surface area contributed by atoms with Crippen molar-refractivity contribution in [2.24, 2.45) is 0 Å². The third-order valence-electron chi connectivity index (χ3n) is 0.662. The molecule has 0 aliphatic carbocycles. The summed E-state index contributed by atoms with van der Waals surface area (Å²) in [6.07, 6.45) is 0. The second-order valence-corrected chi connectivity index (χ2v) is 4.55. The normalized spacial score (nSPS) is 15.5. The minimum absolute atomic E-state index is 0. The van der Waals surface area contributed by atoms with Gasteiger partial charge in [-0.25, -0.2) is 5.09 Å². The second kappa shape index (κ2) is 7.19. The molecule has 0 heterocycles. The van der Waals surface area contributed by atoms with Gasteiger partial charge in [-0.05, 0) is 18.7 Å². The molecule has 6 heteroatoms. The Kier molecular flexibility index (Phi) is 10.1. The first-order valence-electron chi connectivity index (χ1n) is 2.85. The Hall–Kier alpha value is 1.53. The minimum Gasteiger partial charge on any atom is -0.334 e. The quantitative estimate of drug-likeness (QED) is 0.502. The molecule has 1 radical (unpaired) electrons. The summed E-state index contributed by atoms with van der Waals surface area (Å²) in [5.74, 6) is 0. The largest absolute Gasteiger partial charge is 0.334 e. The molecule has 57 valence electrons. The number of nitrogens with one attached hydrogen (secondary N) is 1. The van der Waals surface area contributed by atoms with Crippen LogP contribution in [0, 0.1) is 0 Å². The molecule has 0 saturated heterocycles. The predicted molar refractivity (Wildman–Crippen MR) is 47.6 cm³/mol. The van der Waals surface area contributed by atoms with E-state index in [0.717, 1.165) is 0 Å². The van der Waals surface area contributed by atoms with Crippen molar-refractivity contribution < 1.29 is 9.42 Å². The van der Waals surface area contributed by atoms with Gasteiger partial charge in [0.15, 0.2) is 0 Å². The molecule has 1 unspecified atom stereocenters. The van der Waals surface area contributed by atoms with E-state index in [1.54, 1.807) is 6.92 Å². The van der Waals surface area contributed by atoms with Crippen molar-refractivity contribution in [3.8, 4) is 0 Å². The van der Waals surface area contributed by atoms with Gasteiger partial charge in [-0.1, -0.05) is 6.92 Å². The Morgan fingerprint density at radius 1 is 1.60 bits per heavy atom. The van der Waals surface area contributed by atoms with Crippen molar-refractivity contribution in [1.82, 2.24) is 5.09 Å². The van der Waals surface area contributed by atoms with E-state index in [1.807, 2.05) is 6.92 Å². The Bertz CT molecular complexity index is 114. The van der Waals surface area contributed by atoms with Crippen LogP contribution < -0.4 is 5.09 Å². The molecule has 1 atom stereocenters. The van der Waals surface area contributed by atoms with Crippen LogP contribution in [0.25, 0.3) is 0 Å². The summed E-state index contributed by atoms with van der Waals surface area (Å²) < 4.78 is 4.84. The molecule has 0 bridgehead atoms. The van der Waals surface area contributed by atoms with E-state index in [1.165, 1.54) is 0 Å². The maximum absolute atomic E-state index is 9.11. The summed E-state index contributed by atoms with van der Waals surface area (Å²) in [4.78, 5) is 9.11. The van der Waals surface area contributed by atoms with Gasteiger partial charge in [0.05, 0.1) is 6.61 Å². The van der Waals surface area contributed by atoms with Gasteiger partial charge in [-0.2, -0.15) is 0 Å². The van der Waals surface area contributed by atoms with Gasteiger partial charge in [-0.15, -0.1) is 0 Å². The fourth-order valence-electron chi connectivity index (χ4n) is 0.420. The van der Waals surface area contributed by atoms with Crippen LogP contribution in [0.4, 0.5) is 0 Å². The van der Waals surface area contributed by atoms with Gasteiger partial charge >= 0.3 is 0 Å². The molecule has 0 aromatic carbocycles. The van der Waals surface area contributed by atoms with Crippen LogP contribution in [0.5, 0.6) is 0 Å². The summed E-state index contributed by atoms with van der Waals surface area (Å²) >= 11 is 4.68. The van der Waals surface area contributed by atoms with Gasteiger partial charge in [0.25, 0.3) is 6.64 Å². The predicted octanol–water partition coefficient (Wildman–Crippen LogP) is 0.468. The van der Waals surface area contributed by atoms with Crippen LogP contribution in [-0.4, -0.2) is 47.6 Å².